The molecule has 0 atom stereocenters. The highest BCUT2D eigenvalue weighted by Crippen LogP contribution is 2.21. The minimum absolute atomic E-state index is 0.0811. The van der Waals surface area contributed by atoms with E-state index in [1.54, 1.807) is 28.5 Å². The van der Waals surface area contributed by atoms with Gasteiger partial charge in [0.1, 0.15) is 5.69 Å². The summed E-state index contributed by atoms with van der Waals surface area (Å²) in [5.41, 5.74) is 2.52. The topological polar surface area (TPSA) is 106 Å². The summed E-state index contributed by atoms with van der Waals surface area (Å²) in [4.78, 5) is 40.4. The molecule has 34 heavy (non-hydrogen) atoms. The van der Waals surface area contributed by atoms with Crippen molar-refractivity contribution in [3.63, 3.8) is 0 Å². The van der Waals surface area contributed by atoms with Crippen LogP contribution in [0.15, 0.2) is 59.4 Å². The first-order chi connectivity index (χ1) is 16.3. The molecular formula is C24H28N6O4. The molecule has 4 rings (SSSR count). The number of hydrogen-bond donors (Lipinski definition) is 1. The Morgan fingerprint density at radius 2 is 1.65 bits per heavy atom. The van der Waals surface area contributed by atoms with Gasteiger partial charge in [0.25, 0.3) is 11.2 Å². The molecule has 10 heteroatoms. The summed E-state index contributed by atoms with van der Waals surface area (Å²) >= 11 is 0. The monoisotopic (exact) mass is 464 g/mol. The Hall–Kier alpha value is -3.92. The first kappa shape index (κ1) is 23.2. The normalized spacial score (nSPS) is 14.2. The second-order valence-electron chi connectivity index (χ2n) is 8.34. The van der Waals surface area contributed by atoms with Crippen molar-refractivity contribution in [2.75, 3.05) is 42.9 Å². The Morgan fingerprint density at radius 3 is 2.26 bits per heavy atom. The number of para-hydroxylation sites is 1. The Bertz CT molecular complexity index is 1220. The van der Waals surface area contributed by atoms with Crippen LogP contribution >= 0.6 is 0 Å². The lowest BCUT2D eigenvalue weighted by Gasteiger charge is -2.36. The zero-order valence-corrected chi connectivity index (χ0v) is 19.3. The Morgan fingerprint density at radius 1 is 1.00 bits per heavy atom. The number of piperazine rings is 1. The lowest BCUT2D eigenvalue weighted by atomic mass is 10.2. The standard InChI is InChI=1S/C24H28N6O4/c1-18-23(24(32)29(26(18)2)20-6-4-3-5-7-20)25-22(31)12-13-27-14-16-28(17-15-27)19-8-10-21(11-9-19)30(33)34/h3-11H,12-17H2,1-2H3,(H,25,31). The minimum Gasteiger partial charge on any atom is -0.369 e. The fourth-order valence-electron chi connectivity index (χ4n) is 4.19. The molecule has 1 saturated heterocycles. The van der Waals surface area contributed by atoms with Crippen molar-refractivity contribution in [3.8, 4) is 5.69 Å². The van der Waals surface area contributed by atoms with Crippen molar-refractivity contribution >= 4 is 23.0 Å². The molecule has 1 N–H and O–H groups in total. The van der Waals surface area contributed by atoms with E-state index in [2.05, 4.69) is 15.1 Å². The smallest absolute Gasteiger partial charge is 0.295 e. The maximum absolute atomic E-state index is 13.0. The number of amides is 1. The highest BCUT2D eigenvalue weighted by Gasteiger charge is 2.21. The van der Waals surface area contributed by atoms with Gasteiger partial charge in [-0.1, -0.05) is 18.2 Å². The highest BCUT2D eigenvalue weighted by atomic mass is 16.6. The molecule has 1 aromatic heterocycles. The van der Waals surface area contributed by atoms with Gasteiger partial charge in [-0.25, -0.2) is 4.68 Å². The average Bonchev–Trinajstić information content (AvgIpc) is 3.06. The number of rotatable bonds is 7. The first-order valence-corrected chi connectivity index (χ1v) is 11.2. The van der Waals surface area contributed by atoms with Crippen LogP contribution in [-0.2, 0) is 11.8 Å². The summed E-state index contributed by atoms with van der Waals surface area (Å²) in [7, 11) is 1.80. The van der Waals surface area contributed by atoms with E-state index in [0.717, 1.165) is 37.6 Å². The van der Waals surface area contributed by atoms with Gasteiger partial charge in [-0.2, -0.15) is 0 Å². The minimum atomic E-state index is -0.402. The number of hydrogen-bond acceptors (Lipinski definition) is 6. The van der Waals surface area contributed by atoms with Crippen molar-refractivity contribution in [1.82, 2.24) is 14.3 Å². The molecule has 2 heterocycles. The number of carbonyl (C=O) groups is 1. The third-order valence-electron chi connectivity index (χ3n) is 6.27. The number of anilines is 2. The van der Waals surface area contributed by atoms with Crippen LogP contribution in [0, 0.1) is 17.0 Å². The zero-order chi connectivity index (χ0) is 24.2. The molecular weight excluding hydrogens is 436 g/mol. The summed E-state index contributed by atoms with van der Waals surface area (Å²) in [5.74, 6) is -0.191. The molecule has 1 amide bonds. The summed E-state index contributed by atoms with van der Waals surface area (Å²) < 4.78 is 3.28. The fraction of sp³-hybridized carbons (Fsp3) is 0.333. The van der Waals surface area contributed by atoms with Crippen molar-refractivity contribution in [3.05, 3.63) is 80.8 Å². The predicted octanol–water partition coefficient (Wildman–Crippen LogP) is 2.54. The van der Waals surface area contributed by atoms with Crippen LogP contribution in [0.3, 0.4) is 0 Å². The van der Waals surface area contributed by atoms with Gasteiger partial charge in [-0.3, -0.25) is 29.3 Å². The third kappa shape index (κ3) is 4.86. The second-order valence-corrected chi connectivity index (χ2v) is 8.34. The molecule has 0 saturated carbocycles. The van der Waals surface area contributed by atoms with Gasteiger partial charge in [0.2, 0.25) is 5.91 Å². The summed E-state index contributed by atoms with van der Waals surface area (Å²) in [5, 5.41) is 13.6. The maximum atomic E-state index is 13.0. The lowest BCUT2D eigenvalue weighted by Crippen LogP contribution is -2.47. The zero-order valence-electron chi connectivity index (χ0n) is 19.3. The van der Waals surface area contributed by atoms with Crippen molar-refractivity contribution in [1.29, 1.82) is 0 Å². The van der Waals surface area contributed by atoms with Gasteiger partial charge >= 0.3 is 0 Å². The van der Waals surface area contributed by atoms with Crippen LogP contribution < -0.4 is 15.8 Å². The number of nitrogens with one attached hydrogen (secondary N) is 1. The summed E-state index contributed by atoms with van der Waals surface area (Å²) in [6, 6.07) is 15.9. The maximum Gasteiger partial charge on any atom is 0.295 e. The van der Waals surface area contributed by atoms with Gasteiger partial charge in [-0.15, -0.1) is 0 Å². The van der Waals surface area contributed by atoms with E-state index in [4.69, 9.17) is 0 Å². The quantitative estimate of drug-likeness (QED) is 0.426. The van der Waals surface area contributed by atoms with Crippen molar-refractivity contribution in [2.24, 2.45) is 7.05 Å². The SMILES string of the molecule is Cc1c(NC(=O)CCN2CCN(c3ccc([N+](=O)[O-])cc3)CC2)c(=O)n(-c2ccccc2)n1C. The van der Waals surface area contributed by atoms with Gasteiger partial charge in [0.05, 0.1) is 16.3 Å². The Labute approximate surface area is 197 Å². The molecule has 1 aliphatic heterocycles. The molecule has 3 aromatic rings. The van der Waals surface area contributed by atoms with Crippen LogP contribution in [0.2, 0.25) is 0 Å². The van der Waals surface area contributed by atoms with E-state index < -0.39 is 4.92 Å². The Balaban J connectivity index is 1.31. The van der Waals surface area contributed by atoms with Crippen LogP contribution in [0.5, 0.6) is 0 Å². The third-order valence-corrected chi connectivity index (χ3v) is 6.27. The number of nitro groups is 1. The Kier molecular flexibility index (Phi) is 6.78. The van der Waals surface area contributed by atoms with E-state index >= 15 is 0 Å². The van der Waals surface area contributed by atoms with Crippen molar-refractivity contribution < 1.29 is 9.72 Å². The summed E-state index contributed by atoms with van der Waals surface area (Å²) in [6.45, 7) is 5.54. The lowest BCUT2D eigenvalue weighted by molar-refractivity contribution is -0.384. The van der Waals surface area contributed by atoms with Crippen LogP contribution in [0.25, 0.3) is 5.69 Å². The molecule has 0 bridgehead atoms. The number of aromatic nitrogens is 2. The second kappa shape index (κ2) is 9.92. The number of carbonyl (C=O) groups excluding carboxylic acids is 1. The van der Waals surface area contributed by atoms with Gasteiger partial charge in [-0.05, 0) is 31.2 Å². The van der Waals surface area contributed by atoms with Gasteiger partial charge in [0, 0.05) is 64.0 Å². The average molecular weight is 465 g/mol. The molecule has 1 fully saturated rings. The molecule has 0 unspecified atom stereocenters. The fourth-order valence-corrected chi connectivity index (χ4v) is 4.19. The van der Waals surface area contributed by atoms with E-state index in [-0.39, 0.29) is 23.6 Å². The van der Waals surface area contributed by atoms with Crippen LogP contribution in [0.1, 0.15) is 12.1 Å². The largest absolute Gasteiger partial charge is 0.369 e. The van der Waals surface area contributed by atoms with Crippen LogP contribution in [-0.4, -0.2) is 57.8 Å². The van der Waals surface area contributed by atoms with Gasteiger partial charge in [0.15, 0.2) is 0 Å². The molecule has 10 nitrogen and oxygen atoms in total. The first-order valence-electron chi connectivity index (χ1n) is 11.2. The molecule has 0 aliphatic carbocycles. The number of benzene rings is 2. The molecule has 0 radical (unpaired) electrons. The summed E-state index contributed by atoms with van der Waals surface area (Å²) in [6.07, 6.45) is 0.288. The van der Waals surface area contributed by atoms with Crippen molar-refractivity contribution in [2.45, 2.75) is 13.3 Å². The number of non-ortho nitro benzene ring substituents is 1. The molecule has 0 spiro atoms. The molecule has 178 valence electrons. The molecule has 2 aromatic carbocycles. The van der Waals surface area contributed by atoms with Gasteiger partial charge < -0.3 is 10.2 Å². The van der Waals surface area contributed by atoms with E-state index in [1.807, 2.05) is 37.3 Å². The van der Waals surface area contributed by atoms with E-state index in [1.165, 1.54) is 12.1 Å². The van der Waals surface area contributed by atoms with Crippen LogP contribution in [0.4, 0.5) is 17.1 Å². The van der Waals surface area contributed by atoms with E-state index in [0.29, 0.717) is 17.9 Å². The van der Waals surface area contributed by atoms with E-state index in [9.17, 15) is 19.7 Å². The highest BCUT2D eigenvalue weighted by molar-refractivity contribution is 5.91. The number of nitrogens with zero attached hydrogens (tertiary/aromatic N) is 5. The predicted molar refractivity (Wildman–Crippen MR) is 131 cm³/mol. The molecule has 1 aliphatic rings. The number of nitro benzene ring substituents is 1.